The Morgan fingerprint density at radius 1 is 0.415 bits per heavy atom. The van der Waals surface area contributed by atoms with Crippen molar-refractivity contribution >= 4 is 52.4 Å². The van der Waals surface area contributed by atoms with E-state index in [0.29, 0.717) is 32.0 Å². The van der Waals surface area contributed by atoms with Gasteiger partial charge in [0.15, 0.2) is 0 Å². The summed E-state index contributed by atoms with van der Waals surface area (Å²) in [5.74, 6) is 16.8. The van der Waals surface area contributed by atoms with E-state index >= 15 is 0 Å². The molecule has 2 heterocycles. The monoisotopic (exact) mass is 1600 g/mol. The predicted octanol–water partition coefficient (Wildman–Crippen LogP) is 16.6. The van der Waals surface area contributed by atoms with Crippen LogP contribution in [0.15, 0.2) is 329 Å². The normalized spacial score (nSPS) is 14.6. The molecule has 0 spiro atoms. The summed E-state index contributed by atoms with van der Waals surface area (Å²) in [6, 6.07) is 98.1. The van der Waals surface area contributed by atoms with E-state index in [4.69, 9.17) is 22.5 Å². The topological polar surface area (TPSA) is 18.5 Å². The molecule has 0 aliphatic carbocycles. The summed E-state index contributed by atoms with van der Waals surface area (Å²) < 4.78 is 19.0. The summed E-state index contributed by atoms with van der Waals surface area (Å²) in [6.45, 7) is 12.2. The molecule has 6 heteroatoms. The van der Waals surface area contributed by atoms with E-state index in [1.165, 1.54) is 43.0 Å². The molecule has 12 rings (SSSR count). The zero-order valence-corrected chi connectivity index (χ0v) is 59.0. The van der Waals surface area contributed by atoms with Crippen molar-refractivity contribution in [2.75, 3.05) is 26.4 Å². The number of benzene rings is 10. The summed E-state index contributed by atoms with van der Waals surface area (Å²) in [7, 11) is -4.94. The summed E-state index contributed by atoms with van der Waals surface area (Å²) in [5.41, 5.74) is 13.6. The second kappa shape index (κ2) is 32.5. The number of hydrogen-bond donors (Lipinski definition) is 0. The molecule has 2 nitrogen and oxygen atoms in total. The van der Waals surface area contributed by atoms with Crippen LogP contribution in [0, 0.1) is 69.6 Å². The molecule has 0 bridgehead atoms. The molecule has 0 saturated carbocycles. The van der Waals surface area contributed by atoms with Gasteiger partial charge in [-0.05, 0) is 12.5 Å². The van der Waals surface area contributed by atoms with Gasteiger partial charge >= 0.3 is 539 Å². The molecule has 456 valence electrons. The van der Waals surface area contributed by atoms with Crippen molar-refractivity contribution in [3.63, 3.8) is 0 Å². The summed E-state index contributed by atoms with van der Waals surface area (Å²) in [6.07, 6.45) is 20.4. The number of hydrogen-bond acceptors (Lipinski definition) is 2. The van der Waals surface area contributed by atoms with Crippen LogP contribution < -0.4 is 31.8 Å². The van der Waals surface area contributed by atoms with E-state index in [-0.39, 0.29) is 0 Å². The molecular formula is C88H64O2Os2P2-2. The van der Waals surface area contributed by atoms with E-state index in [1.54, 1.807) is 35.9 Å². The van der Waals surface area contributed by atoms with Gasteiger partial charge in [0.1, 0.15) is 0 Å². The van der Waals surface area contributed by atoms with E-state index in [1.807, 2.05) is 38.1 Å². The SMILES string of the molecule is C#Cc1ccc(-c2ccc(C#CC([C-]=C3COCC3=[CH-])=C([C]#[Os])[P+](c3ccccc3)(c3ccccc3)c3ccccc3)cc2)cc1.C[C-]=C1COCC1=[C-]C(C#Cc1ccc(-c2ccc(/C=C/C)cc2)cc1)=C([C]#[Os])[P+](c1ccccc1)(c1ccccc1)c1ccccc1. The van der Waals surface area contributed by atoms with Crippen LogP contribution in [0.25, 0.3) is 28.3 Å². The Morgan fingerprint density at radius 3 is 1.03 bits per heavy atom. The standard InChI is InChI=1S/C45H35OP.C43H29OP.2Os/c1-4-15-36-22-27-39(28-23-36)40-29-24-37(25-30-40)26-31-41(32-42-34-46-33-38(42)5-2)35(3)47(43-16-9-6-10-17-43,44-18-11-7-12-19-44)45-20-13-8-14-21-45;1-4-35-20-25-37(26-21-35)38-27-22-36(23-28-38)24-29-39(30-40-32-44-31-33(40)2)34(3)45(41-14-8-5-9-15-41,42-16-10-6-11-17-42)43-18-12-7-13-19-43;;/h4,6-25,27-30H,33-34H2,1-2H3;1-2,5-23,25-28H,31-32H2;;/q2*-1;;/b15-4+,41-35?;;;. The van der Waals surface area contributed by atoms with Crippen LogP contribution in [0.3, 0.4) is 0 Å². The Hall–Kier alpha value is -9.33. The third kappa shape index (κ3) is 15.0. The molecule has 0 aromatic heterocycles. The van der Waals surface area contributed by atoms with Gasteiger partial charge in [-0.1, -0.05) is 18.1 Å². The molecular weight excluding hydrogens is 1530 g/mol. The third-order valence-corrected chi connectivity index (χ3v) is 26.9. The van der Waals surface area contributed by atoms with Crippen LogP contribution in [-0.2, 0) is 45.4 Å². The fourth-order valence-electron chi connectivity index (χ4n) is 11.5. The van der Waals surface area contributed by atoms with Crippen molar-refractivity contribution in [1.82, 2.24) is 0 Å². The zero-order chi connectivity index (χ0) is 65.0. The minimum atomic E-state index is -2.48. The minimum absolute atomic E-state index is 0.389. The van der Waals surface area contributed by atoms with Crippen molar-refractivity contribution < 1.29 is 45.4 Å². The maximum atomic E-state index is 6.41. The number of rotatable bonds is 13. The van der Waals surface area contributed by atoms with Gasteiger partial charge < -0.3 is 0 Å². The first-order valence-corrected chi connectivity index (χ1v) is 36.9. The molecule has 0 radical (unpaired) electrons. The molecule has 0 N–H and O–H groups in total. The van der Waals surface area contributed by atoms with Gasteiger partial charge in [-0.2, -0.15) is 0 Å². The van der Waals surface area contributed by atoms with Gasteiger partial charge in [0.05, 0.1) is 0 Å². The van der Waals surface area contributed by atoms with Gasteiger partial charge in [0, 0.05) is 5.56 Å². The zero-order valence-electron chi connectivity index (χ0n) is 52.1. The van der Waals surface area contributed by atoms with Crippen molar-refractivity contribution in [2.45, 2.75) is 13.8 Å². The van der Waals surface area contributed by atoms with Gasteiger partial charge in [-0.25, -0.2) is 0 Å². The molecule has 2 fully saturated rings. The molecule has 2 aliphatic rings. The Balaban J connectivity index is 0.000000192. The van der Waals surface area contributed by atoms with Crippen LogP contribution in [0.1, 0.15) is 36.1 Å². The van der Waals surface area contributed by atoms with Crippen molar-refractivity contribution in [3.05, 3.63) is 376 Å². The first-order valence-electron chi connectivity index (χ1n) is 30.7. The van der Waals surface area contributed by atoms with Crippen LogP contribution in [-0.4, -0.2) is 26.4 Å². The first kappa shape index (κ1) is 66.1. The van der Waals surface area contributed by atoms with E-state index in [0.717, 1.165) is 71.9 Å². The average molecular weight is 1600 g/mol. The molecule has 0 unspecified atom stereocenters. The predicted molar refractivity (Wildman–Crippen MR) is 388 cm³/mol. The Labute approximate surface area is 576 Å². The first-order chi connectivity index (χ1) is 46.3. The van der Waals surface area contributed by atoms with Crippen molar-refractivity contribution in [2.24, 2.45) is 0 Å². The van der Waals surface area contributed by atoms with Gasteiger partial charge in [-0.3, -0.25) is 0 Å². The third-order valence-electron chi connectivity index (χ3n) is 16.2. The molecule has 10 aromatic carbocycles. The molecule has 0 amide bonds. The van der Waals surface area contributed by atoms with E-state index < -0.39 is 14.5 Å². The fourth-order valence-corrected chi connectivity index (χ4v) is 22.9. The van der Waals surface area contributed by atoms with Crippen molar-refractivity contribution in [3.8, 4) is 67.0 Å². The second-order valence-corrected chi connectivity index (χ2v) is 29.9. The van der Waals surface area contributed by atoms with Crippen LogP contribution in [0.4, 0.5) is 0 Å². The second-order valence-electron chi connectivity index (χ2n) is 21.9. The van der Waals surface area contributed by atoms with E-state index in [2.05, 4.69) is 324 Å². The average Bonchev–Trinajstić information content (AvgIpc) is 0.976. The van der Waals surface area contributed by atoms with Gasteiger partial charge in [0.2, 0.25) is 0 Å². The van der Waals surface area contributed by atoms with E-state index in [9.17, 15) is 0 Å². The molecule has 10 aromatic rings. The number of terminal acetylenes is 1. The van der Waals surface area contributed by atoms with Crippen LogP contribution in [0.2, 0.25) is 0 Å². The Kier molecular flexibility index (Phi) is 22.9. The molecule has 2 saturated heterocycles. The quantitative estimate of drug-likeness (QED) is 0.0651. The molecule has 94 heavy (non-hydrogen) atoms. The summed E-state index contributed by atoms with van der Waals surface area (Å²) >= 11 is 3.48. The molecule has 2 aliphatic heterocycles. The van der Waals surface area contributed by atoms with Gasteiger partial charge in [0.25, 0.3) is 0 Å². The molecule has 0 atom stereocenters. The maximum absolute atomic E-state index is 6.41. The summed E-state index contributed by atoms with van der Waals surface area (Å²) in [4.78, 5) is 0. The summed E-state index contributed by atoms with van der Waals surface area (Å²) in [5, 5.41) is 9.45. The number of allylic oxidation sites excluding steroid dienone is 8. The number of ether oxygens (including phenoxy) is 2. The van der Waals surface area contributed by atoms with Gasteiger partial charge in [-0.15, -0.1) is 6.42 Å². The Morgan fingerprint density at radius 2 is 0.723 bits per heavy atom. The Bertz CT molecular complexity index is 4580. The van der Waals surface area contributed by atoms with Crippen LogP contribution >= 0.6 is 14.5 Å². The van der Waals surface area contributed by atoms with Crippen molar-refractivity contribution in [1.29, 1.82) is 0 Å². The van der Waals surface area contributed by atoms with Crippen LogP contribution in [0.5, 0.6) is 0 Å². The fraction of sp³-hybridized carbons (Fsp3) is 0.0682.